The van der Waals surface area contributed by atoms with Gasteiger partial charge in [0.2, 0.25) is 5.91 Å². The van der Waals surface area contributed by atoms with Crippen LogP contribution in [0.4, 0.5) is 9.80 Å². The number of amidine groups is 1. The van der Waals surface area contributed by atoms with Gasteiger partial charge in [0.1, 0.15) is 11.6 Å². The summed E-state index contributed by atoms with van der Waals surface area (Å²) in [6.07, 6.45) is 0. The van der Waals surface area contributed by atoms with E-state index in [4.69, 9.17) is 15.9 Å². The molecule has 1 heterocycles. The first-order valence-electron chi connectivity index (χ1n) is 7.81. The van der Waals surface area contributed by atoms with Gasteiger partial charge in [-0.1, -0.05) is 12.1 Å². The number of thiophene rings is 1. The molecule has 9 heteroatoms. The quantitative estimate of drug-likeness (QED) is 0.374. The average molecular weight is 375 g/mol. The minimum absolute atomic E-state index is 0.0608. The van der Waals surface area contributed by atoms with Crippen LogP contribution in [-0.2, 0) is 4.79 Å². The molecule has 2 rings (SSSR count). The third kappa shape index (κ3) is 5.49. The van der Waals surface area contributed by atoms with Crippen LogP contribution < -0.4 is 26.4 Å². The molecule has 6 N–H and O–H groups in total. The van der Waals surface area contributed by atoms with E-state index in [1.165, 1.54) is 11.3 Å². The highest BCUT2D eigenvalue weighted by Gasteiger charge is 2.12. The molecule has 138 valence electrons. The van der Waals surface area contributed by atoms with Crippen molar-refractivity contribution in [2.24, 2.45) is 5.73 Å². The number of amides is 3. The SMILES string of the molecule is COc1cccc([C@H](C)NC(=O)CNC(=O)Nc2ccc(C(=N)N)s2)c1. The lowest BCUT2D eigenvalue weighted by atomic mass is 10.1. The van der Waals surface area contributed by atoms with Crippen LogP contribution in [0.15, 0.2) is 36.4 Å². The fraction of sp³-hybridized carbons (Fsp3) is 0.235. The predicted octanol–water partition coefficient (Wildman–Crippen LogP) is 2.04. The van der Waals surface area contributed by atoms with E-state index in [1.807, 2.05) is 31.2 Å². The van der Waals surface area contributed by atoms with Crippen LogP contribution >= 0.6 is 11.3 Å². The molecule has 1 atom stereocenters. The smallest absolute Gasteiger partial charge is 0.320 e. The van der Waals surface area contributed by atoms with Crippen LogP contribution in [0, 0.1) is 5.41 Å². The van der Waals surface area contributed by atoms with Crippen molar-refractivity contribution in [1.29, 1.82) is 5.41 Å². The second kappa shape index (κ2) is 8.86. The first-order valence-corrected chi connectivity index (χ1v) is 8.63. The van der Waals surface area contributed by atoms with Gasteiger partial charge < -0.3 is 21.1 Å². The van der Waals surface area contributed by atoms with E-state index in [2.05, 4.69) is 16.0 Å². The minimum Gasteiger partial charge on any atom is -0.497 e. The molecule has 8 nitrogen and oxygen atoms in total. The van der Waals surface area contributed by atoms with E-state index in [-0.39, 0.29) is 24.3 Å². The van der Waals surface area contributed by atoms with Crippen LogP contribution in [0.25, 0.3) is 0 Å². The van der Waals surface area contributed by atoms with Crippen molar-refractivity contribution < 1.29 is 14.3 Å². The Kier molecular flexibility index (Phi) is 6.56. The van der Waals surface area contributed by atoms with Crippen LogP contribution in [0.5, 0.6) is 5.75 Å². The van der Waals surface area contributed by atoms with Crippen LogP contribution in [-0.4, -0.2) is 31.4 Å². The molecule has 0 aliphatic rings. The van der Waals surface area contributed by atoms with Gasteiger partial charge in [0, 0.05) is 0 Å². The van der Waals surface area contributed by atoms with E-state index < -0.39 is 6.03 Å². The van der Waals surface area contributed by atoms with Crippen molar-refractivity contribution in [3.63, 3.8) is 0 Å². The Morgan fingerprint density at radius 1 is 1.31 bits per heavy atom. The molecule has 2 aromatic rings. The molecule has 3 amide bonds. The topological polar surface area (TPSA) is 129 Å². The monoisotopic (exact) mass is 375 g/mol. The lowest BCUT2D eigenvalue weighted by Gasteiger charge is -2.15. The minimum atomic E-state index is -0.508. The van der Waals surface area contributed by atoms with Gasteiger partial charge in [-0.3, -0.25) is 15.5 Å². The standard InChI is InChI=1S/C17H21N5O3S/c1-10(11-4-3-5-12(8-11)25-2)21-14(23)9-20-17(24)22-15-7-6-13(26-15)16(18)19/h3-8,10H,9H2,1-2H3,(H3,18,19)(H,21,23)(H2,20,22,24)/t10-/m0/s1. The average Bonchev–Trinajstić information content (AvgIpc) is 3.08. The van der Waals surface area contributed by atoms with Gasteiger partial charge in [-0.25, -0.2) is 4.79 Å². The van der Waals surface area contributed by atoms with Crippen molar-refractivity contribution in [3.8, 4) is 5.75 Å². The van der Waals surface area contributed by atoms with Crippen molar-refractivity contribution in [2.75, 3.05) is 19.0 Å². The van der Waals surface area contributed by atoms with Gasteiger partial charge in [-0.05, 0) is 36.8 Å². The molecule has 0 bridgehead atoms. The highest BCUT2D eigenvalue weighted by molar-refractivity contribution is 7.18. The zero-order valence-corrected chi connectivity index (χ0v) is 15.3. The summed E-state index contributed by atoms with van der Waals surface area (Å²) in [6.45, 7) is 1.69. The fourth-order valence-electron chi connectivity index (χ4n) is 2.15. The van der Waals surface area contributed by atoms with Crippen molar-refractivity contribution in [2.45, 2.75) is 13.0 Å². The molecule has 0 saturated carbocycles. The van der Waals surface area contributed by atoms with E-state index in [9.17, 15) is 9.59 Å². The fourth-order valence-corrected chi connectivity index (χ4v) is 2.92. The molecule has 1 aromatic heterocycles. The zero-order chi connectivity index (χ0) is 19.1. The van der Waals surface area contributed by atoms with E-state index in [1.54, 1.807) is 19.2 Å². The lowest BCUT2D eigenvalue weighted by Crippen LogP contribution is -2.39. The number of hydrogen-bond donors (Lipinski definition) is 5. The number of carbonyl (C=O) groups excluding carboxylic acids is 2. The highest BCUT2D eigenvalue weighted by Crippen LogP contribution is 2.21. The molecule has 0 aliphatic carbocycles. The summed E-state index contributed by atoms with van der Waals surface area (Å²) in [5.41, 5.74) is 6.27. The molecular weight excluding hydrogens is 354 g/mol. The maximum absolute atomic E-state index is 12.0. The molecule has 0 saturated heterocycles. The normalized spacial score (nSPS) is 11.3. The molecule has 0 fully saturated rings. The van der Waals surface area contributed by atoms with Gasteiger partial charge in [0.05, 0.1) is 29.6 Å². The number of nitrogens with two attached hydrogens (primary N) is 1. The number of ether oxygens (including phenoxy) is 1. The maximum Gasteiger partial charge on any atom is 0.320 e. The number of hydrogen-bond acceptors (Lipinski definition) is 5. The second-order valence-corrected chi connectivity index (χ2v) is 6.53. The molecule has 0 aliphatic heterocycles. The Morgan fingerprint density at radius 3 is 2.73 bits per heavy atom. The van der Waals surface area contributed by atoms with Gasteiger partial charge in [0.15, 0.2) is 0 Å². The number of benzene rings is 1. The van der Waals surface area contributed by atoms with Crippen molar-refractivity contribution >= 4 is 34.1 Å². The number of urea groups is 1. The van der Waals surface area contributed by atoms with Gasteiger partial charge in [-0.15, -0.1) is 11.3 Å². The highest BCUT2D eigenvalue weighted by atomic mass is 32.1. The summed E-state index contributed by atoms with van der Waals surface area (Å²) in [4.78, 5) is 24.4. The second-order valence-electron chi connectivity index (χ2n) is 5.45. The predicted molar refractivity (Wildman–Crippen MR) is 102 cm³/mol. The third-order valence-electron chi connectivity index (χ3n) is 3.49. The number of rotatable bonds is 7. The maximum atomic E-state index is 12.0. The zero-order valence-electron chi connectivity index (χ0n) is 14.5. The number of nitrogen functional groups attached to an aromatic ring is 1. The van der Waals surface area contributed by atoms with Gasteiger partial charge in [0.25, 0.3) is 0 Å². The molecule has 0 radical (unpaired) electrons. The largest absolute Gasteiger partial charge is 0.497 e. The molecule has 0 unspecified atom stereocenters. The summed E-state index contributed by atoms with van der Waals surface area (Å²) in [5.74, 6) is 0.336. The number of carbonyl (C=O) groups is 2. The summed E-state index contributed by atoms with van der Waals surface area (Å²) in [5, 5.41) is 15.8. The van der Waals surface area contributed by atoms with Crippen LogP contribution in [0.3, 0.4) is 0 Å². The molecular formula is C17H21N5O3S. The Morgan fingerprint density at radius 2 is 2.08 bits per heavy atom. The van der Waals surface area contributed by atoms with Crippen LogP contribution in [0.2, 0.25) is 0 Å². The Hall–Kier alpha value is -3.07. The van der Waals surface area contributed by atoms with Gasteiger partial charge in [-0.2, -0.15) is 0 Å². The number of anilines is 1. The number of methoxy groups -OCH3 is 1. The van der Waals surface area contributed by atoms with Crippen LogP contribution in [0.1, 0.15) is 23.4 Å². The van der Waals surface area contributed by atoms with E-state index >= 15 is 0 Å². The van der Waals surface area contributed by atoms with E-state index in [0.717, 1.165) is 5.56 Å². The third-order valence-corrected chi connectivity index (χ3v) is 4.52. The van der Waals surface area contributed by atoms with Crippen molar-refractivity contribution in [3.05, 3.63) is 46.8 Å². The number of nitrogens with one attached hydrogen (secondary N) is 4. The summed E-state index contributed by atoms with van der Waals surface area (Å²) in [6, 6.07) is 9.96. The Balaban J connectivity index is 1.79. The van der Waals surface area contributed by atoms with E-state index in [0.29, 0.717) is 15.6 Å². The molecule has 1 aromatic carbocycles. The van der Waals surface area contributed by atoms with Gasteiger partial charge >= 0.3 is 6.03 Å². The first-order chi connectivity index (χ1) is 12.4. The lowest BCUT2D eigenvalue weighted by molar-refractivity contribution is -0.120. The Labute approximate surface area is 155 Å². The summed E-state index contributed by atoms with van der Waals surface area (Å²) < 4.78 is 5.16. The molecule has 26 heavy (non-hydrogen) atoms. The summed E-state index contributed by atoms with van der Waals surface area (Å²) in [7, 11) is 1.58. The Bertz CT molecular complexity index is 805. The summed E-state index contributed by atoms with van der Waals surface area (Å²) >= 11 is 1.18. The first kappa shape index (κ1) is 19.3. The van der Waals surface area contributed by atoms with Crippen molar-refractivity contribution in [1.82, 2.24) is 10.6 Å². The molecule has 0 spiro atoms.